The first-order valence-corrected chi connectivity index (χ1v) is 14.5. The molecule has 0 aromatic heterocycles. The van der Waals surface area contributed by atoms with Crippen LogP contribution in [0.4, 0.5) is 0 Å². The molecular weight excluding hydrogens is 424 g/mol. The van der Waals surface area contributed by atoms with Gasteiger partial charge >= 0.3 is 11.9 Å². The van der Waals surface area contributed by atoms with Crippen LogP contribution in [-0.4, -0.2) is 25.2 Å². The summed E-state index contributed by atoms with van der Waals surface area (Å²) in [6, 6.07) is 0. The van der Waals surface area contributed by atoms with Gasteiger partial charge < -0.3 is 9.47 Å². The second kappa shape index (κ2) is 18.2. The van der Waals surface area contributed by atoms with Crippen LogP contribution < -0.4 is 0 Å². The smallest absolute Gasteiger partial charge is 0.308 e. The summed E-state index contributed by atoms with van der Waals surface area (Å²) in [4.78, 5) is 25.0. The number of carbonyl (C=O) groups is 2. The van der Waals surface area contributed by atoms with Gasteiger partial charge in [-0.1, -0.05) is 92.9 Å². The molecule has 1 aliphatic rings. The Bertz CT molecular complexity index is 486. The Labute approximate surface area is 211 Å². The Morgan fingerprint density at radius 1 is 0.559 bits per heavy atom. The predicted molar refractivity (Wildman–Crippen MR) is 142 cm³/mol. The molecule has 200 valence electrons. The van der Waals surface area contributed by atoms with Crippen LogP contribution in [0, 0.1) is 35.5 Å². The Kier molecular flexibility index (Phi) is 16.6. The molecule has 2 atom stereocenters. The summed E-state index contributed by atoms with van der Waals surface area (Å²) in [6.45, 7) is 14.5. The highest BCUT2D eigenvalue weighted by Crippen LogP contribution is 2.31. The molecule has 1 rings (SSSR count). The van der Waals surface area contributed by atoms with Crippen molar-refractivity contribution < 1.29 is 19.1 Å². The fourth-order valence-electron chi connectivity index (χ4n) is 4.86. The normalized spacial score (nSPS) is 20.4. The maximum absolute atomic E-state index is 12.5. The van der Waals surface area contributed by atoms with Crippen LogP contribution in [0.15, 0.2) is 0 Å². The molecule has 0 radical (unpaired) electrons. The van der Waals surface area contributed by atoms with Gasteiger partial charge in [0.25, 0.3) is 0 Å². The first kappa shape index (κ1) is 31.0. The lowest BCUT2D eigenvalue weighted by atomic mass is 9.82. The zero-order chi connectivity index (χ0) is 25.3. The molecule has 0 spiro atoms. The van der Waals surface area contributed by atoms with Gasteiger partial charge in [-0.3, -0.25) is 9.59 Å². The number of hydrogen-bond donors (Lipinski definition) is 0. The summed E-state index contributed by atoms with van der Waals surface area (Å²) in [5, 5.41) is 0. The molecule has 4 heteroatoms. The van der Waals surface area contributed by atoms with E-state index in [1.54, 1.807) is 0 Å². The average Bonchev–Trinajstić information content (AvgIpc) is 2.80. The van der Waals surface area contributed by atoms with Gasteiger partial charge in [-0.15, -0.1) is 0 Å². The third kappa shape index (κ3) is 15.0. The first-order chi connectivity index (χ1) is 16.2. The largest absolute Gasteiger partial charge is 0.465 e. The summed E-state index contributed by atoms with van der Waals surface area (Å²) in [7, 11) is 0. The van der Waals surface area contributed by atoms with Gasteiger partial charge in [0.1, 0.15) is 0 Å². The van der Waals surface area contributed by atoms with E-state index in [0.717, 1.165) is 50.4 Å². The topological polar surface area (TPSA) is 52.6 Å². The summed E-state index contributed by atoms with van der Waals surface area (Å²) < 4.78 is 11.3. The molecule has 1 fully saturated rings. The maximum atomic E-state index is 12.5. The van der Waals surface area contributed by atoms with Crippen molar-refractivity contribution in [3.05, 3.63) is 0 Å². The van der Waals surface area contributed by atoms with Crippen molar-refractivity contribution in [1.29, 1.82) is 0 Å². The molecule has 1 saturated carbocycles. The summed E-state index contributed by atoms with van der Waals surface area (Å²) in [5.41, 5.74) is 0. The predicted octanol–water partition coefficient (Wildman–Crippen LogP) is 8.36. The van der Waals surface area contributed by atoms with Gasteiger partial charge in [-0.2, -0.15) is 0 Å². The highest BCUT2D eigenvalue weighted by molar-refractivity contribution is 5.75. The number of esters is 2. The molecule has 0 aromatic carbocycles. The molecule has 0 N–H and O–H groups in total. The lowest BCUT2D eigenvalue weighted by Crippen LogP contribution is -2.29. The second-order valence-electron chi connectivity index (χ2n) is 12.1. The molecular formula is C30H56O4. The minimum Gasteiger partial charge on any atom is -0.465 e. The molecule has 0 saturated heterocycles. The van der Waals surface area contributed by atoms with Crippen LogP contribution in [0.1, 0.15) is 131 Å². The highest BCUT2D eigenvalue weighted by Gasteiger charge is 2.32. The highest BCUT2D eigenvalue weighted by atomic mass is 16.5. The van der Waals surface area contributed by atoms with E-state index in [0.29, 0.717) is 25.0 Å². The lowest BCUT2D eigenvalue weighted by Gasteiger charge is -2.26. The van der Waals surface area contributed by atoms with E-state index in [9.17, 15) is 9.59 Å². The summed E-state index contributed by atoms with van der Waals surface area (Å²) in [5.74, 6) is 2.19. The van der Waals surface area contributed by atoms with Gasteiger partial charge in [0, 0.05) is 0 Å². The summed E-state index contributed by atoms with van der Waals surface area (Å²) >= 11 is 0. The van der Waals surface area contributed by atoms with Crippen LogP contribution in [0.2, 0.25) is 0 Å². The van der Waals surface area contributed by atoms with Crippen LogP contribution in [0.5, 0.6) is 0 Å². The standard InChI is InChI=1S/C30H56O4/c1-23(2)13-9-7-11-15-25(5)21-33-29(31)27-17-19-28(20-18-27)30(32)34-22-26(6)16-12-8-10-14-24(3)4/h23-28H,7-22H2,1-6H3. The fourth-order valence-corrected chi connectivity index (χ4v) is 4.86. The van der Waals surface area contributed by atoms with Gasteiger partial charge in [0.2, 0.25) is 0 Å². The molecule has 0 aliphatic heterocycles. The fraction of sp³-hybridized carbons (Fsp3) is 0.933. The second-order valence-corrected chi connectivity index (χ2v) is 12.1. The maximum Gasteiger partial charge on any atom is 0.308 e. The number of rotatable bonds is 18. The molecule has 34 heavy (non-hydrogen) atoms. The van der Waals surface area contributed by atoms with E-state index < -0.39 is 0 Å². The van der Waals surface area contributed by atoms with E-state index >= 15 is 0 Å². The van der Waals surface area contributed by atoms with Crippen LogP contribution in [-0.2, 0) is 19.1 Å². The molecule has 0 amide bonds. The number of unbranched alkanes of at least 4 members (excludes halogenated alkanes) is 4. The van der Waals surface area contributed by atoms with Crippen LogP contribution >= 0.6 is 0 Å². The van der Waals surface area contributed by atoms with Gasteiger partial charge in [0.15, 0.2) is 0 Å². The molecule has 0 bridgehead atoms. The first-order valence-electron chi connectivity index (χ1n) is 14.5. The average molecular weight is 481 g/mol. The van der Waals surface area contributed by atoms with E-state index in [1.807, 2.05) is 0 Å². The van der Waals surface area contributed by atoms with Crippen molar-refractivity contribution in [1.82, 2.24) is 0 Å². The molecule has 1 aliphatic carbocycles. The van der Waals surface area contributed by atoms with Crippen molar-refractivity contribution in [3.63, 3.8) is 0 Å². The van der Waals surface area contributed by atoms with E-state index in [-0.39, 0.29) is 23.8 Å². The van der Waals surface area contributed by atoms with Gasteiger partial charge in [-0.25, -0.2) is 0 Å². The monoisotopic (exact) mass is 480 g/mol. The number of ether oxygens (including phenoxy) is 2. The van der Waals surface area contributed by atoms with E-state index in [1.165, 1.54) is 51.4 Å². The molecule has 4 nitrogen and oxygen atoms in total. The Balaban J connectivity index is 2.12. The van der Waals surface area contributed by atoms with Crippen molar-refractivity contribution in [2.24, 2.45) is 35.5 Å². The van der Waals surface area contributed by atoms with E-state index in [2.05, 4.69) is 41.5 Å². The third-order valence-electron chi connectivity index (χ3n) is 7.37. The van der Waals surface area contributed by atoms with Crippen molar-refractivity contribution >= 4 is 11.9 Å². The Morgan fingerprint density at radius 2 is 0.882 bits per heavy atom. The van der Waals surface area contributed by atoms with Crippen LogP contribution in [0.3, 0.4) is 0 Å². The van der Waals surface area contributed by atoms with Crippen molar-refractivity contribution in [3.8, 4) is 0 Å². The minimum atomic E-state index is -0.0652. The summed E-state index contributed by atoms with van der Waals surface area (Å²) in [6.07, 6.45) is 15.4. The number of carbonyl (C=O) groups excluding carboxylic acids is 2. The van der Waals surface area contributed by atoms with Gasteiger partial charge in [0.05, 0.1) is 25.0 Å². The minimum absolute atomic E-state index is 0.0490. The lowest BCUT2D eigenvalue weighted by molar-refractivity contribution is -0.156. The third-order valence-corrected chi connectivity index (χ3v) is 7.37. The van der Waals surface area contributed by atoms with Crippen molar-refractivity contribution in [2.75, 3.05) is 13.2 Å². The van der Waals surface area contributed by atoms with Crippen LogP contribution in [0.25, 0.3) is 0 Å². The molecule has 0 aromatic rings. The molecule has 0 heterocycles. The number of hydrogen-bond acceptors (Lipinski definition) is 4. The Morgan fingerprint density at radius 3 is 1.21 bits per heavy atom. The zero-order valence-electron chi connectivity index (χ0n) is 23.4. The zero-order valence-corrected chi connectivity index (χ0v) is 23.4. The quantitative estimate of drug-likeness (QED) is 0.146. The van der Waals surface area contributed by atoms with E-state index in [4.69, 9.17) is 9.47 Å². The Hall–Kier alpha value is -1.06. The SMILES string of the molecule is CC(C)CCCCCC(C)COC(=O)C1CCC(C(=O)OCC(C)CCCCCC(C)C)CC1. The van der Waals surface area contributed by atoms with Crippen molar-refractivity contribution in [2.45, 2.75) is 131 Å². The molecule has 2 unspecified atom stereocenters. The van der Waals surface area contributed by atoms with Gasteiger partial charge in [-0.05, 0) is 62.2 Å².